The fraction of sp³-hybridized carbons (Fsp3) is 0.667. The number of aromatic nitrogens is 2. The first-order valence-corrected chi connectivity index (χ1v) is 5.75. The molecule has 1 aromatic heterocycles. The van der Waals surface area contributed by atoms with Crippen LogP contribution in [0.2, 0.25) is 0 Å². The molecule has 2 rings (SSSR count). The highest BCUT2D eigenvalue weighted by atomic mass is 14.9. The van der Waals surface area contributed by atoms with Crippen LogP contribution < -0.4 is 5.32 Å². The minimum atomic E-state index is 0.813. The van der Waals surface area contributed by atoms with Crippen LogP contribution in [-0.4, -0.2) is 16.5 Å². The summed E-state index contributed by atoms with van der Waals surface area (Å²) in [5.41, 5.74) is 1.09. The zero-order chi connectivity index (χ0) is 10.7. The van der Waals surface area contributed by atoms with Crippen molar-refractivity contribution in [3.8, 4) is 0 Å². The van der Waals surface area contributed by atoms with Crippen molar-refractivity contribution in [1.29, 1.82) is 0 Å². The van der Waals surface area contributed by atoms with Gasteiger partial charge in [0.05, 0.1) is 5.69 Å². The summed E-state index contributed by atoms with van der Waals surface area (Å²) in [4.78, 5) is 8.44. The van der Waals surface area contributed by atoms with E-state index >= 15 is 0 Å². The van der Waals surface area contributed by atoms with Crippen molar-refractivity contribution in [2.24, 2.45) is 11.8 Å². The molecule has 15 heavy (non-hydrogen) atoms. The van der Waals surface area contributed by atoms with Gasteiger partial charge in [-0.3, -0.25) is 0 Å². The first-order chi connectivity index (χ1) is 7.25. The molecule has 0 bridgehead atoms. The topological polar surface area (TPSA) is 37.8 Å². The maximum atomic E-state index is 4.36. The number of nitrogens with zero attached hydrogens (tertiary/aromatic N) is 2. The molecule has 0 spiro atoms. The van der Waals surface area contributed by atoms with Crippen LogP contribution in [0, 0.1) is 18.8 Å². The van der Waals surface area contributed by atoms with E-state index in [0.29, 0.717) is 0 Å². The Morgan fingerprint density at radius 1 is 1.53 bits per heavy atom. The van der Waals surface area contributed by atoms with Gasteiger partial charge in [0.25, 0.3) is 0 Å². The molecule has 0 aliphatic heterocycles. The summed E-state index contributed by atoms with van der Waals surface area (Å²) in [6, 6.07) is 1.97. The van der Waals surface area contributed by atoms with Gasteiger partial charge in [-0.15, -0.1) is 0 Å². The second-order valence-electron chi connectivity index (χ2n) is 4.54. The Kier molecular flexibility index (Phi) is 3.31. The Balaban J connectivity index is 1.73. The summed E-state index contributed by atoms with van der Waals surface area (Å²) in [5.74, 6) is 2.64. The average molecular weight is 205 g/mol. The highest BCUT2D eigenvalue weighted by Gasteiger charge is 2.27. The summed E-state index contributed by atoms with van der Waals surface area (Å²) < 4.78 is 0. The molecule has 1 fully saturated rings. The van der Waals surface area contributed by atoms with E-state index in [4.69, 9.17) is 0 Å². The molecule has 0 amide bonds. The number of hydrogen-bond donors (Lipinski definition) is 1. The number of rotatable bonds is 5. The lowest BCUT2D eigenvalue weighted by Gasteiger charge is -2.10. The van der Waals surface area contributed by atoms with Crippen molar-refractivity contribution in [1.82, 2.24) is 15.3 Å². The second kappa shape index (κ2) is 4.71. The average Bonchev–Trinajstić information content (AvgIpc) is 3.00. The lowest BCUT2D eigenvalue weighted by atomic mass is 10.1. The molecule has 3 heteroatoms. The fourth-order valence-electron chi connectivity index (χ4n) is 1.86. The van der Waals surface area contributed by atoms with Gasteiger partial charge < -0.3 is 5.32 Å². The van der Waals surface area contributed by atoms with E-state index in [2.05, 4.69) is 22.2 Å². The molecule has 1 aliphatic rings. The lowest BCUT2D eigenvalue weighted by molar-refractivity contribution is 0.459. The molecule has 1 unspecified atom stereocenters. The molecule has 1 aliphatic carbocycles. The Labute approximate surface area is 91.3 Å². The minimum Gasteiger partial charge on any atom is -0.311 e. The molecule has 0 aromatic carbocycles. The van der Waals surface area contributed by atoms with E-state index in [1.165, 1.54) is 12.8 Å². The minimum absolute atomic E-state index is 0.813. The Morgan fingerprint density at radius 3 is 3.00 bits per heavy atom. The summed E-state index contributed by atoms with van der Waals surface area (Å²) >= 11 is 0. The van der Waals surface area contributed by atoms with E-state index < -0.39 is 0 Å². The Morgan fingerprint density at radius 2 is 2.33 bits per heavy atom. The van der Waals surface area contributed by atoms with Gasteiger partial charge in [-0.25, -0.2) is 9.97 Å². The molecule has 1 atom stereocenters. The zero-order valence-electron chi connectivity index (χ0n) is 9.53. The van der Waals surface area contributed by atoms with Crippen LogP contribution in [0.4, 0.5) is 0 Å². The highest BCUT2D eigenvalue weighted by Crippen LogP contribution is 2.36. The van der Waals surface area contributed by atoms with Crippen molar-refractivity contribution < 1.29 is 0 Å². The van der Waals surface area contributed by atoms with Crippen LogP contribution in [0.1, 0.15) is 31.3 Å². The van der Waals surface area contributed by atoms with Gasteiger partial charge >= 0.3 is 0 Å². The van der Waals surface area contributed by atoms with Crippen LogP contribution >= 0.6 is 0 Å². The normalized spacial score (nSPS) is 17.7. The third-order valence-electron chi connectivity index (χ3n) is 3.03. The first-order valence-electron chi connectivity index (χ1n) is 5.75. The standard InChI is InChI=1S/C12H19N3/c1-9(11-3-4-11)7-13-8-12-5-6-14-10(2)15-12/h5-6,9,11,13H,3-4,7-8H2,1-2H3. The Hall–Kier alpha value is -0.960. The van der Waals surface area contributed by atoms with Crippen LogP contribution in [0.15, 0.2) is 12.3 Å². The van der Waals surface area contributed by atoms with Crippen molar-refractivity contribution >= 4 is 0 Å². The molecule has 82 valence electrons. The van der Waals surface area contributed by atoms with Crippen molar-refractivity contribution in [2.75, 3.05) is 6.54 Å². The van der Waals surface area contributed by atoms with Crippen LogP contribution in [0.3, 0.4) is 0 Å². The summed E-state index contributed by atoms with van der Waals surface area (Å²) in [7, 11) is 0. The monoisotopic (exact) mass is 205 g/mol. The second-order valence-corrected chi connectivity index (χ2v) is 4.54. The van der Waals surface area contributed by atoms with Crippen LogP contribution in [0.5, 0.6) is 0 Å². The summed E-state index contributed by atoms with van der Waals surface area (Å²) in [6.07, 6.45) is 4.68. The fourth-order valence-corrected chi connectivity index (χ4v) is 1.86. The molecule has 3 nitrogen and oxygen atoms in total. The summed E-state index contributed by atoms with van der Waals surface area (Å²) in [6.45, 7) is 6.22. The smallest absolute Gasteiger partial charge is 0.125 e. The SMILES string of the molecule is Cc1nccc(CNCC(C)C2CC2)n1. The number of aryl methyl sites for hydroxylation is 1. The van der Waals surface area contributed by atoms with E-state index in [0.717, 1.165) is 36.4 Å². The lowest BCUT2D eigenvalue weighted by Crippen LogP contribution is -2.22. The quantitative estimate of drug-likeness (QED) is 0.798. The van der Waals surface area contributed by atoms with Gasteiger partial charge in [0.15, 0.2) is 0 Å². The maximum Gasteiger partial charge on any atom is 0.125 e. The van der Waals surface area contributed by atoms with Gasteiger partial charge in [0.2, 0.25) is 0 Å². The zero-order valence-corrected chi connectivity index (χ0v) is 9.53. The molecule has 1 N–H and O–H groups in total. The molecule has 1 aromatic rings. The maximum absolute atomic E-state index is 4.36. The first kappa shape index (κ1) is 10.6. The van der Waals surface area contributed by atoms with Crippen LogP contribution in [0.25, 0.3) is 0 Å². The molecular formula is C12H19N3. The molecule has 1 heterocycles. The number of hydrogen-bond acceptors (Lipinski definition) is 3. The van der Waals surface area contributed by atoms with Gasteiger partial charge in [-0.05, 0) is 44.2 Å². The third-order valence-corrected chi connectivity index (χ3v) is 3.03. The predicted molar refractivity (Wildman–Crippen MR) is 60.4 cm³/mol. The van der Waals surface area contributed by atoms with Gasteiger partial charge in [0, 0.05) is 12.7 Å². The third kappa shape index (κ3) is 3.27. The van der Waals surface area contributed by atoms with Crippen LogP contribution in [-0.2, 0) is 6.54 Å². The molecular weight excluding hydrogens is 186 g/mol. The van der Waals surface area contributed by atoms with Crippen molar-refractivity contribution in [3.05, 3.63) is 23.8 Å². The molecule has 0 saturated heterocycles. The van der Waals surface area contributed by atoms with Crippen molar-refractivity contribution in [3.63, 3.8) is 0 Å². The van der Waals surface area contributed by atoms with Crippen molar-refractivity contribution in [2.45, 2.75) is 33.2 Å². The van der Waals surface area contributed by atoms with Gasteiger partial charge in [-0.2, -0.15) is 0 Å². The Bertz CT molecular complexity index is 320. The largest absolute Gasteiger partial charge is 0.311 e. The summed E-state index contributed by atoms with van der Waals surface area (Å²) in [5, 5.41) is 3.46. The molecule has 1 saturated carbocycles. The van der Waals surface area contributed by atoms with E-state index in [1.54, 1.807) is 0 Å². The van der Waals surface area contributed by atoms with E-state index in [9.17, 15) is 0 Å². The number of nitrogens with one attached hydrogen (secondary N) is 1. The van der Waals surface area contributed by atoms with E-state index in [-0.39, 0.29) is 0 Å². The van der Waals surface area contributed by atoms with Gasteiger partial charge in [-0.1, -0.05) is 6.92 Å². The van der Waals surface area contributed by atoms with Gasteiger partial charge in [0.1, 0.15) is 5.82 Å². The predicted octanol–water partition coefficient (Wildman–Crippen LogP) is 1.92. The molecule has 0 radical (unpaired) electrons. The van der Waals surface area contributed by atoms with E-state index in [1.807, 2.05) is 19.2 Å². The highest BCUT2D eigenvalue weighted by molar-refractivity contribution is 5.01.